The van der Waals surface area contributed by atoms with Gasteiger partial charge in [-0.15, -0.1) is 0 Å². The van der Waals surface area contributed by atoms with Crippen LogP contribution in [0.15, 0.2) is 42.6 Å². The lowest BCUT2D eigenvalue weighted by molar-refractivity contribution is 0.0558. The highest BCUT2D eigenvalue weighted by molar-refractivity contribution is 6.29. The fourth-order valence-electron chi connectivity index (χ4n) is 4.48. The van der Waals surface area contributed by atoms with Crippen LogP contribution in [-0.2, 0) is 16.1 Å². The van der Waals surface area contributed by atoms with Gasteiger partial charge < -0.3 is 14.4 Å². The Balaban J connectivity index is 1.49. The number of halogens is 1. The van der Waals surface area contributed by atoms with Gasteiger partial charge >= 0.3 is 12.2 Å². The number of rotatable bonds is 6. The van der Waals surface area contributed by atoms with Crippen LogP contribution in [0.2, 0.25) is 5.15 Å². The number of amides is 2. The molecule has 9 nitrogen and oxygen atoms in total. The first kappa shape index (κ1) is 27.7. The Morgan fingerprint density at radius 2 is 1.84 bits per heavy atom. The predicted octanol–water partition coefficient (Wildman–Crippen LogP) is 6.30. The number of hydrogen-bond acceptors (Lipinski definition) is 6. The van der Waals surface area contributed by atoms with Crippen LogP contribution in [0.5, 0.6) is 0 Å². The molecule has 0 N–H and O–H groups in total. The number of fused-ring (bicyclic) bond motifs is 1. The Labute approximate surface area is 228 Å². The van der Waals surface area contributed by atoms with Gasteiger partial charge in [-0.2, -0.15) is 9.61 Å². The normalized spacial score (nSPS) is 14.7. The van der Waals surface area contributed by atoms with E-state index in [1.54, 1.807) is 26.6 Å². The fraction of sp³-hybridized carbons (Fsp3) is 0.500. The molecular weight excluding hydrogens is 506 g/mol. The molecule has 1 aromatic carbocycles. The first-order chi connectivity index (χ1) is 18.0. The van der Waals surface area contributed by atoms with Crippen LogP contribution in [0.3, 0.4) is 0 Å². The molecule has 3 heterocycles. The number of hydrogen-bond donors (Lipinski definition) is 0. The third-order valence-corrected chi connectivity index (χ3v) is 6.67. The monoisotopic (exact) mass is 541 g/mol. The molecule has 0 unspecified atom stereocenters. The van der Waals surface area contributed by atoms with Gasteiger partial charge in [-0.1, -0.05) is 55.8 Å². The summed E-state index contributed by atoms with van der Waals surface area (Å²) in [6.07, 6.45) is 2.40. The Morgan fingerprint density at radius 3 is 2.47 bits per heavy atom. The summed E-state index contributed by atoms with van der Waals surface area (Å²) in [6, 6.07) is 11.3. The number of piperidine rings is 1. The van der Waals surface area contributed by atoms with E-state index in [1.165, 1.54) is 0 Å². The van der Waals surface area contributed by atoms with Crippen molar-refractivity contribution >= 4 is 35.3 Å². The lowest BCUT2D eigenvalue weighted by atomic mass is 9.96. The third-order valence-electron chi connectivity index (χ3n) is 6.48. The SMILES string of the molecule is CC(C)c1cnn2c(N(CC3CCN(C(=O)OCc4ccccc4)CC3)C(=O)OC(C)(C)C)cc(Cl)nc12. The maximum absolute atomic E-state index is 13.4. The number of likely N-dealkylation sites (tertiary alicyclic amines) is 1. The number of carbonyl (C=O) groups excluding carboxylic acids is 2. The van der Waals surface area contributed by atoms with Gasteiger partial charge in [0, 0.05) is 31.3 Å². The Morgan fingerprint density at radius 1 is 1.16 bits per heavy atom. The van der Waals surface area contributed by atoms with Crippen molar-refractivity contribution in [3.63, 3.8) is 0 Å². The second-order valence-corrected chi connectivity index (χ2v) is 11.4. The first-order valence-corrected chi connectivity index (χ1v) is 13.4. The molecule has 0 atom stereocenters. The minimum atomic E-state index is -0.676. The van der Waals surface area contributed by atoms with E-state index in [2.05, 4.69) is 23.9 Å². The Hall–Kier alpha value is -3.33. The molecule has 10 heteroatoms. The quantitative estimate of drug-likeness (QED) is 0.340. The minimum Gasteiger partial charge on any atom is -0.445 e. The molecule has 1 aliphatic rings. The van der Waals surface area contributed by atoms with Gasteiger partial charge in [0.05, 0.1) is 6.20 Å². The number of ether oxygens (including phenoxy) is 2. The molecule has 38 heavy (non-hydrogen) atoms. The van der Waals surface area contributed by atoms with E-state index in [1.807, 2.05) is 51.1 Å². The van der Waals surface area contributed by atoms with Crippen molar-refractivity contribution in [3.8, 4) is 0 Å². The maximum atomic E-state index is 13.4. The van der Waals surface area contributed by atoms with Gasteiger partial charge in [0.2, 0.25) is 0 Å². The van der Waals surface area contributed by atoms with Crippen LogP contribution in [0.1, 0.15) is 64.5 Å². The highest BCUT2D eigenvalue weighted by Crippen LogP contribution is 2.29. The summed E-state index contributed by atoms with van der Waals surface area (Å²) in [5.74, 6) is 0.834. The van der Waals surface area contributed by atoms with Crippen LogP contribution in [0.25, 0.3) is 5.65 Å². The Kier molecular flexibility index (Phi) is 8.45. The van der Waals surface area contributed by atoms with E-state index < -0.39 is 11.7 Å². The third kappa shape index (κ3) is 6.75. The number of carbonyl (C=O) groups is 2. The molecule has 0 spiro atoms. The summed E-state index contributed by atoms with van der Waals surface area (Å²) in [6.45, 7) is 11.4. The number of nitrogens with zero attached hydrogens (tertiary/aromatic N) is 5. The lowest BCUT2D eigenvalue weighted by Gasteiger charge is -2.35. The van der Waals surface area contributed by atoms with Gasteiger partial charge in [-0.3, -0.25) is 4.90 Å². The van der Waals surface area contributed by atoms with Crippen molar-refractivity contribution in [2.75, 3.05) is 24.5 Å². The average Bonchev–Trinajstić information content (AvgIpc) is 3.29. The molecule has 1 saturated heterocycles. The van der Waals surface area contributed by atoms with Gasteiger partial charge in [0.1, 0.15) is 23.2 Å². The molecule has 1 fully saturated rings. The van der Waals surface area contributed by atoms with Crippen LogP contribution in [-0.4, -0.2) is 56.9 Å². The molecule has 4 rings (SSSR count). The van der Waals surface area contributed by atoms with Crippen molar-refractivity contribution in [1.82, 2.24) is 19.5 Å². The minimum absolute atomic E-state index is 0.141. The van der Waals surface area contributed by atoms with E-state index in [0.717, 1.165) is 24.0 Å². The molecule has 0 radical (unpaired) electrons. The number of benzene rings is 1. The van der Waals surface area contributed by atoms with Crippen molar-refractivity contribution in [2.45, 2.75) is 65.6 Å². The summed E-state index contributed by atoms with van der Waals surface area (Å²) in [5.41, 5.74) is 1.84. The molecule has 3 aromatic rings. The van der Waals surface area contributed by atoms with E-state index in [-0.39, 0.29) is 29.7 Å². The number of anilines is 1. The highest BCUT2D eigenvalue weighted by atomic mass is 35.5. The van der Waals surface area contributed by atoms with E-state index in [0.29, 0.717) is 31.1 Å². The number of aromatic nitrogens is 3. The lowest BCUT2D eigenvalue weighted by Crippen LogP contribution is -2.45. The summed E-state index contributed by atoms with van der Waals surface area (Å²) in [4.78, 5) is 33.8. The molecule has 0 saturated carbocycles. The largest absolute Gasteiger partial charge is 0.445 e. The Bertz CT molecular complexity index is 1260. The summed E-state index contributed by atoms with van der Waals surface area (Å²) >= 11 is 6.42. The van der Waals surface area contributed by atoms with Gasteiger partial charge in [-0.25, -0.2) is 14.6 Å². The molecule has 0 bridgehead atoms. The zero-order valence-corrected chi connectivity index (χ0v) is 23.4. The second-order valence-electron chi connectivity index (χ2n) is 11.0. The van der Waals surface area contributed by atoms with Crippen molar-refractivity contribution in [1.29, 1.82) is 0 Å². The molecular formula is C28H36ClN5O4. The molecule has 2 amide bonds. The predicted molar refractivity (Wildman–Crippen MR) is 147 cm³/mol. The molecule has 0 aliphatic carbocycles. The zero-order chi connectivity index (χ0) is 27.4. The molecule has 2 aromatic heterocycles. The van der Waals surface area contributed by atoms with Crippen molar-refractivity contribution in [2.24, 2.45) is 5.92 Å². The highest BCUT2D eigenvalue weighted by Gasteiger charge is 2.31. The van der Waals surface area contributed by atoms with Crippen LogP contribution >= 0.6 is 11.6 Å². The topological polar surface area (TPSA) is 89.3 Å². The van der Waals surface area contributed by atoms with Crippen molar-refractivity contribution < 1.29 is 19.1 Å². The van der Waals surface area contributed by atoms with Crippen LogP contribution in [0, 0.1) is 5.92 Å². The zero-order valence-electron chi connectivity index (χ0n) is 22.7. The van der Waals surface area contributed by atoms with Crippen LogP contribution < -0.4 is 4.90 Å². The summed E-state index contributed by atoms with van der Waals surface area (Å²) in [7, 11) is 0. The summed E-state index contributed by atoms with van der Waals surface area (Å²) < 4.78 is 12.9. The second kappa shape index (κ2) is 11.6. The fourth-order valence-corrected chi connectivity index (χ4v) is 4.66. The van der Waals surface area contributed by atoms with Gasteiger partial charge in [0.25, 0.3) is 0 Å². The summed E-state index contributed by atoms with van der Waals surface area (Å²) in [5, 5.41) is 4.81. The van der Waals surface area contributed by atoms with E-state index in [9.17, 15) is 9.59 Å². The average molecular weight is 542 g/mol. The molecule has 1 aliphatic heterocycles. The van der Waals surface area contributed by atoms with E-state index in [4.69, 9.17) is 21.1 Å². The van der Waals surface area contributed by atoms with Gasteiger partial charge in [0.15, 0.2) is 5.65 Å². The molecule has 204 valence electrons. The van der Waals surface area contributed by atoms with E-state index >= 15 is 0 Å². The van der Waals surface area contributed by atoms with Crippen molar-refractivity contribution in [3.05, 3.63) is 58.9 Å². The maximum Gasteiger partial charge on any atom is 0.416 e. The smallest absolute Gasteiger partial charge is 0.416 e. The van der Waals surface area contributed by atoms with Gasteiger partial charge in [-0.05, 0) is 51.0 Å². The first-order valence-electron chi connectivity index (χ1n) is 13.0. The van der Waals surface area contributed by atoms with Crippen LogP contribution in [0.4, 0.5) is 15.4 Å². The standard InChI is InChI=1S/C28H36ClN5O4/c1-19(2)22-16-30-34-24(15-23(29)31-25(22)34)33(27(36)38-28(3,4)5)17-20-11-13-32(14-12-20)26(35)37-18-21-9-7-6-8-10-21/h6-10,15-16,19-20H,11-14,17-18H2,1-5H3.